The highest BCUT2D eigenvalue weighted by atomic mass is 16.1. The summed E-state index contributed by atoms with van der Waals surface area (Å²) in [5.41, 5.74) is 0.284. The minimum Gasteiger partial charge on any atom is -0.268 e. The molecule has 3 heterocycles. The molecule has 0 amide bonds. The summed E-state index contributed by atoms with van der Waals surface area (Å²) in [5, 5.41) is 0.487. The average molecular weight is 224 g/mol. The summed E-state index contributed by atoms with van der Waals surface area (Å²) in [6.07, 6.45) is 4.69. The molecule has 0 radical (unpaired) electrons. The first-order valence-electron chi connectivity index (χ1n) is 5.10. The van der Waals surface area contributed by atoms with Gasteiger partial charge in [-0.2, -0.15) is 0 Å². The summed E-state index contributed by atoms with van der Waals surface area (Å²) in [6.45, 7) is 0. The maximum atomic E-state index is 12.2. The van der Waals surface area contributed by atoms with Crippen LogP contribution in [0.2, 0.25) is 0 Å². The summed E-state index contributed by atoms with van der Waals surface area (Å²) in [4.78, 5) is 24.5. The van der Waals surface area contributed by atoms with Crippen molar-refractivity contribution < 1.29 is 0 Å². The van der Waals surface area contributed by atoms with Crippen LogP contribution in [0, 0.1) is 0 Å². The number of hydrogen-bond donors (Lipinski definition) is 0. The van der Waals surface area contributed by atoms with Crippen LogP contribution in [-0.4, -0.2) is 19.5 Å². The highest BCUT2D eigenvalue weighted by molar-refractivity contribution is 5.72. The Morgan fingerprint density at radius 1 is 0.941 bits per heavy atom. The Morgan fingerprint density at radius 2 is 1.82 bits per heavy atom. The average Bonchev–Trinajstić information content (AvgIpc) is 2.40. The first-order valence-corrected chi connectivity index (χ1v) is 5.10. The lowest BCUT2D eigenvalue weighted by Crippen LogP contribution is -2.19. The Hall–Kier alpha value is -2.56. The molecule has 3 aromatic heterocycles. The van der Waals surface area contributed by atoms with Crippen LogP contribution in [0.15, 0.2) is 53.8 Å². The number of fused-ring (bicyclic) bond motifs is 1. The van der Waals surface area contributed by atoms with Gasteiger partial charge in [0.2, 0.25) is 0 Å². The number of pyridine rings is 2. The topological polar surface area (TPSA) is 60.7 Å². The highest BCUT2D eigenvalue weighted by Gasteiger charge is 2.05. The molecule has 0 aromatic carbocycles. The Morgan fingerprint density at radius 3 is 2.65 bits per heavy atom. The molecule has 0 aliphatic rings. The van der Waals surface area contributed by atoms with Gasteiger partial charge >= 0.3 is 0 Å². The lowest BCUT2D eigenvalue weighted by Gasteiger charge is -2.04. The van der Waals surface area contributed by atoms with E-state index in [1.165, 1.54) is 10.9 Å². The molecule has 0 bridgehead atoms. The van der Waals surface area contributed by atoms with Crippen LogP contribution in [0.5, 0.6) is 0 Å². The fourth-order valence-electron chi connectivity index (χ4n) is 1.62. The molecule has 17 heavy (non-hydrogen) atoms. The van der Waals surface area contributed by atoms with Crippen molar-refractivity contribution >= 4 is 11.0 Å². The molecule has 82 valence electrons. The highest BCUT2D eigenvalue weighted by Crippen LogP contribution is 2.04. The fourth-order valence-corrected chi connectivity index (χ4v) is 1.62. The Balaban J connectivity index is 2.33. The normalized spacial score (nSPS) is 10.6. The predicted molar refractivity (Wildman–Crippen MR) is 62.9 cm³/mol. The molecule has 0 fully saturated rings. The third kappa shape index (κ3) is 1.57. The first-order chi connectivity index (χ1) is 8.36. The van der Waals surface area contributed by atoms with Gasteiger partial charge in [-0.25, -0.2) is 15.0 Å². The molecule has 0 aliphatic carbocycles. The summed E-state index contributed by atoms with van der Waals surface area (Å²) >= 11 is 0. The van der Waals surface area contributed by atoms with Gasteiger partial charge in [0.15, 0.2) is 5.65 Å². The van der Waals surface area contributed by atoms with Crippen molar-refractivity contribution in [2.75, 3.05) is 0 Å². The lowest BCUT2D eigenvalue weighted by atomic mass is 10.3. The van der Waals surface area contributed by atoms with Crippen molar-refractivity contribution in [1.29, 1.82) is 0 Å². The van der Waals surface area contributed by atoms with E-state index in [0.29, 0.717) is 16.9 Å². The van der Waals surface area contributed by atoms with E-state index in [9.17, 15) is 4.79 Å². The standard InChI is InChI=1S/C12H8N4O/c17-12-9-4-3-7-14-11(9)15-8-16(12)10-5-1-2-6-13-10/h1-8H. The second-order valence-electron chi connectivity index (χ2n) is 3.48. The number of aromatic nitrogens is 4. The van der Waals surface area contributed by atoms with Gasteiger partial charge in [-0.1, -0.05) is 6.07 Å². The van der Waals surface area contributed by atoms with Crippen LogP contribution < -0.4 is 5.56 Å². The molecule has 5 nitrogen and oxygen atoms in total. The van der Waals surface area contributed by atoms with Crippen LogP contribution in [0.25, 0.3) is 16.9 Å². The van der Waals surface area contributed by atoms with E-state index in [-0.39, 0.29) is 5.56 Å². The van der Waals surface area contributed by atoms with E-state index in [4.69, 9.17) is 0 Å². The summed E-state index contributed by atoms with van der Waals surface area (Å²) in [6, 6.07) is 8.79. The number of nitrogens with zero attached hydrogens (tertiary/aromatic N) is 4. The van der Waals surface area contributed by atoms with Gasteiger partial charge in [0.1, 0.15) is 12.1 Å². The largest absolute Gasteiger partial charge is 0.268 e. The van der Waals surface area contributed by atoms with Crippen molar-refractivity contribution in [2.24, 2.45) is 0 Å². The zero-order chi connectivity index (χ0) is 11.7. The summed E-state index contributed by atoms with van der Waals surface area (Å²) in [7, 11) is 0. The number of hydrogen-bond acceptors (Lipinski definition) is 4. The van der Waals surface area contributed by atoms with Gasteiger partial charge < -0.3 is 0 Å². The zero-order valence-corrected chi connectivity index (χ0v) is 8.82. The van der Waals surface area contributed by atoms with Crippen molar-refractivity contribution in [3.8, 4) is 5.82 Å². The van der Waals surface area contributed by atoms with Crippen molar-refractivity contribution in [2.45, 2.75) is 0 Å². The van der Waals surface area contributed by atoms with Crippen molar-refractivity contribution in [3.63, 3.8) is 0 Å². The van der Waals surface area contributed by atoms with Gasteiger partial charge in [-0.3, -0.25) is 9.36 Å². The minimum absolute atomic E-state index is 0.165. The van der Waals surface area contributed by atoms with Gasteiger partial charge in [0.25, 0.3) is 5.56 Å². The number of rotatable bonds is 1. The maximum Gasteiger partial charge on any atom is 0.268 e. The second-order valence-corrected chi connectivity index (χ2v) is 3.48. The summed E-state index contributed by atoms with van der Waals surface area (Å²) in [5.74, 6) is 0.552. The molecule has 0 saturated heterocycles. The van der Waals surface area contributed by atoms with Gasteiger partial charge in [-0.15, -0.1) is 0 Å². The Kier molecular flexibility index (Phi) is 2.15. The maximum absolute atomic E-state index is 12.2. The zero-order valence-electron chi connectivity index (χ0n) is 8.82. The van der Waals surface area contributed by atoms with Crippen molar-refractivity contribution in [1.82, 2.24) is 19.5 Å². The molecule has 0 atom stereocenters. The van der Waals surface area contributed by atoms with Crippen LogP contribution in [0.1, 0.15) is 0 Å². The molecule has 3 rings (SSSR count). The predicted octanol–water partition coefficient (Wildman–Crippen LogP) is 1.18. The van der Waals surface area contributed by atoms with Crippen LogP contribution in [0.4, 0.5) is 0 Å². The van der Waals surface area contributed by atoms with E-state index < -0.39 is 0 Å². The van der Waals surface area contributed by atoms with E-state index in [0.717, 1.165) is 0 Å². The molecular weight excluding hydrogens is 216 g/mol. The van der Waals surface area contributed by atoms with Gasteiger partial charge in [0, 0.05) is 12.4 Å². The Bertz CT molecular complexity index is 721. The molecule has 0 unspecified atom stereocenters. The van der Waals surface area contributed by atoms with E-state index in [1.54, 1.807) is 36.7 Å². The fraction of sp³-hybridized carbons (Fsp3) is 0. The first kappa shape index (κ1) is 9.65. The van der Waals surface area contributed by atoms with Crippen LogP contribution >= 0.6 is 0 Å². The van der Waals surface area contributed by atoms with Crippen LogP contribution in [0.3, 0.4) is 0 Å². The Labute approximate surface area is 96.4 Å². The van der Waals surface area contributed by atoms with E-state index >= 15 is 0 Å². The van der Waals surface area contributed by atoms with Crippen LogP contribution in [-0.2, 0) is 0 Å². The second kappa shape index (κ2) is 3.79. The molecule has 0 spiro atoms. The lowest BCUT2D eigenvalue weighted by molar-refractivity contribution is 0.916. The smallest absolute Gasteiger partial charge is 0.268 e. The molecule has 3 aromatic rings. The monoisotopic (exact) mass is 224 g/mol. The molecule has 0 aliphatic heterocycles. The SMILES string of the molecule is O=c1c2cccnc2ncn1-c1ccccn1. The molecule has 0 saturated carbocycles. The van der Waals surface area contributed by atoms with Gasteiger partial charge in [-0.05, 0) is 24.3 Å². The summed E-state index contributed by atoms with van der Waals surface area (Å²) < 4.78 is 1.41. The van der Waals surface area contributed by atoms with E-state index in [1.807, 2.05) is 6.07 Å². The molecule has 5 heteroatoms. The quantitative estimate of drug-likeness (QED) is 0.622. The third-order valence-corrected chi connectivity index (χ3v) is 2.43. The van der Waals surface area contributed by atoms with Gasteiger partial charge in [0.05, 0.1) is 5.39 Å². The molecular formula is C12H8N4O. The minimum atomic E-state index is -0.165. The van der Waals surface area contributed by atoms with E-state index in [2.05, 4.69) is 15.0 Å². The molecule has 0 N–H and O–H groups in total. The van der Waals surface area contributed by atoms with Crippen molar-refractivity contribution in [3.05, 3.63) is 59.4 Å². The third-order valence-electron chi connectivity index (χ3n) is 2.43.